The Bertz CT molecular complexity index is 330. The third-order valence-electron chi connectivity index (χ3n) is 2.40. The average molecular weight is 213 g/mol. The second-order valence-corrected chi connectivity index (χ2v) is 3.33. The molecule has 1 heterocycles. The molecule has 0 saturated carbocycles. The molecule has 1 aliphatic rings. The van der Waals surface area contributed by atoms with Gasteiger partial charge in [-0.3, -0.25) is 0 Å². The van der Waals surface area contributed by atoms with E-state index in [0.717, 1.165) is 18.4 Å². The van der Waals surface area contributed by atoms with Gasteiger partial charge in [-0.05, 0) is 18.1 Å². The first kappa shape index (κ1) is 11.0. The number of benzene rings is 1. The van der Waals surface area contributed by atoms with E-state index in [1.54, 1.807) is 0 Å². The molecule has 2 rings (SSSR count). The molecule has 14 heavy (non-hydrogen) atoms. The van der Waals surface area contributed by atoms with Crippen molar-refractivity contribution in [3.63, 3.8) is 0 Å². The van der Waals surface area contributed by atoms with Gasteiger partial charge in [0.2, 0.25) is 0 Å². The van der Waals surface area contributed by atoms with Crippen molar-refractivity contribution in [2.24, 2.45) is 5.73 Å². The molecule has 4 heteroatoms. The lowest BCUT2D eigenvalue weighted by Crippen LogP contribution is -2.46. The quantitative estimate of drug-likeness (QED) is 0.683. The van der Waals surface area contributed by atoms with Crippen LogP contribution < -0.4 is 11.1 Å². The number of carbonyl (C=O) groups is 1. The van der Waals surface area contributed by atoms with Crippen molar-refractivity contribution in [2.75, 3.05) is 5.32 Å². The monoisotopic (exact) mass is 212 g/mol. The highest BCUT2D eigenvalue weighted by molar-refractivity contribution is 5.85. The lowest BCUT2D eigenvalue weighted by atomic mass is 9.95. The zero-order valence-corrected chi connectivity index (χ0v) is 8.46. The first-order valence-corrected chi connectivity index (χ1v) is 4.36. The van der Waals surface area contributed by atoms with Crippen LogP contribution in [0.2, 0.25) is 0 Å². The Kier molecular flexibility index (Phi) is 3.49. The van der Waals surface area contributed by atoms with Crippen molar-refractivity contribution in [2.45, 2.75) is 18.5 Å². The highest BCUT2D eigenvalue weighted by Gasteiger charge is 2.23. The van der Waals surface area contributed by atoms with Gasteiger partial charge in [-0.25, -0.2) is 0 Å². The summed E-state index contributed by atoms with van der Waals surface area (Å²) in [5.74, 6) is 0. The van der Waals surface area contributed by atoms with E-state index in [1.165, 1.54) is 5.56 Å². The summed E-state index contributed by atoms with van der Waals surface area (Å²) in [7, 11) is 0. The molecule has 0 spiro atoms. The zero-order valence-electron chi connectivity index (χ0n) is 7.64. The van der Waals surface area contributed by atoms with Crippen LogP contribution >= 0.6 is 12.4 Å². The highest BCUT2D eigenvalue weighted by atomic mass is 35.5. The number of rotatable bonds is 1. The van der Waals surface area contributed by atoms with Gasteiger partial charge in [0.05, 0.1) is 6.04 Å². The maximum atomic E-state index is 10.6. The van der Waals surface area contributed by atoms with Gasteiger partial charge in [0, 0.05) is 11.7 Å². The number of halogens is 1. The van der Waals surface area contributed by atoms with Crippen LogP contribution in [0.1, 0.15) is 5.56 Å². The number of hydrogen-bond donors (Lipinski definition) is 2. The van der Waals surface area contributed by atoms with Crippen LogP contribution in [0.4, 0.5) is 5.69 Å². The third kappa shape index (κ3) is 1.89. The van der Waals surface area contributed by atoms with E-state index in [9.17, 15) is 4.79 Å². The fourth-order valence-electron chi connectivity index (χ4n) is 1.64. The number of fused-ring (bicyclic) bond motifs is 1. The second kappa shape index (κ2) is 4.44. The van der Waals surface area contributed by atoms with Crippen LogP contribution in [0.25, 0.3) is 0 Å². The number of hydrogen-bond acceptors (Lipinski definition) is 3. The molecule has 3 nitrogen and oxygen atoms in total. The number of para-hydroxylation sites is 1. The normalized spacial score (nSPS) is 24.1. The molecular formula is C10H13ClN2O. The minimum absolute atomic E-state index is 0. The van der Waals surface area contributed by atoms with Crippen molar-refractivity contribution in [3.8, 4) is 0 Å². The minimum Gasteiger partial charge on any atom is -0.374 e. The fourth-order valence-corrected chi connectivity index (χ4v) is 1.64. The largest absolute Gasteiger partial charge is 0.374 e. The Hall–Kier alpha value is -1.06. The van der Waals surface area contributed by atoms with Crippen LogP contribution in [0.15, 0.2) is 24.3 Å². The summed E-state index contributed by atoms with van der Waals surface area (Å²) < 4.78 is 0. The summed E-state index contributed by atoms with van der Waals surface area (Å²) in [4.78, 5) is 10.6. The number of aldehydes is 1. The molecule has 0 bridgehead atoms. The molecule has 1 aromatic rings. The highest BCUT2D eigenvalue weighted by Crippen LogP contribution is 2.22. The summed E-state index contributed by atoms with van der Waals surface area (Å²) in [6.45, 7) is 0. The molecule has 0 radical (unpaired) electrons. The molecule has 0 aromatic heterocycles. The standard InChI is InChI=1S/C10H12N2O.ClH/c11-8-5-7-3-1-2-4-9(7)12-10(8)6-13;/h1-4,6,8,10,12H,5,11H2;1H. The minimum atomic E-state index is -0.241. The Balaban J connectivity index is 0.000000980. The van der Waals surface area contributed by atoms with Gasteiger partial charge in [-0.2, -0.15) is 0 Å². The van der Waals surface area contributed by atoms with E-state index in [-0.39, 0.29) is 24.5 Å². The molecule has 2 atom stereocenters. The molecule has 1 aliphatic heterocycles. The van der Waals surface area contributed by atoms with Crippen LogP contribution in [0, 0.1) is 0 Å². The van der Waals surface area contributed by atoms with Gasteiger partial charge in [-0.1, -0.05) is 18.2 Å². The number of nitrogens with one attached hydrogen (secondary N) is 1. The topological polar surface area (TPSA) is 55.1 Å². The molecule has 76 valence electrons. The number of anilines is 1. The summed E-state index contributed by atoms with van der Waals surface area (Å²) >= 11 is 0. The summed E-state index contributed by atoms with van der Waals surface area (Å²) in [6.07, 6.45) is 1.65. The molecule has 0 saturated heterocycles. The smallest absolute Gasteiger partial charge is 0.143 e. The van der Waals surface area contributed by atoms with Gasteiger partial charge in [0.1, 0.15) is 6.29 Å². The van der Waals surface area contributed by atoms with Crippen molar-refractivity contribution in [1.82, 2.24) is 0 Å². The van der Waals surface area contributed by atoms with E-state index < -0.39 is 0 Å². The van der Waals surface area contributed by atoms with E-state index in [1.807, 2.05) is 24.3 Å². The fraction of sp³-hybridized carbons (Fsp3) is 0.300. The van der Waals surface area contributed by atoms with E-state index in [4.69, 9.17) is 5.73 Å². The van der Waals surface area contributed by atoms with Crippen LogP contribution in [-0.4, -0.2) is 18.4 Å². The number of carbonyl (C=O) groups excluding carboxylic acids is 1. The summed E-state index contributed by atoms with van der Waals surface area (Å²) in [5, 5.41) is 3.10. The Morgan fingerprint density at radius 3 is 2.86 bits per heavy atom. The van der Waals surface area contributed by atoms with Gasteiger partial charge >= 0.3 is 0 Å². The van der Waals surface area contributed by atoms with Gasteiger partial charge in [-0.15, -0.1) is 12.4 Å². The molecular weight excluding hydrogens is 200 g/mol. The predicted octanol–water partition coefficient (Wildman–Crippen LogP) is 0.971. The molecule has 1 aromatic carbocycles. The van der Waals surface area contributed by atoms with E-state index in [2.05, 4.69) is 5.32 Å². The Labute approximate surface area is 89.1 Å². The SMILES string of the molecule is Cl.NC1Cc2ccccc2NC1C=O. The lowest BCUT2D eigenvalue weighted by molar-refractivity contribution is -0.108. The van der Waals surface area contributed by atoms with Gasteiger partial charge in [0.25, 0.3) is 0 Å². The van der Waals surface area contributed by atoms with Gasteiger partial charge < -0.3 is 15.8 Å². The lowest BCUT2D eigenvalue weighted by Gasteiger charge is -2.28. The molecule has 0 fully saturated rings. The molecule has 0 aliphatic carbocycles. The van der Waals surface area contributed by atoms with Crippen molar-refractivity contribution >= 4 is 24.4 Å². The average Bonchev–Trinajstić information content (AvgIpc) is 2.17. The Morgan fingerprint density at radius 2 is 2.14 bits per heavy atom. The van der Waals surface area contributed by atoms with Crippen molar-refractivity contribution < 1.29 is 4.79 Å². The van der Waals surface area contributed by atoms with Crippen LogP contribution in [0.3, 0.4) is 0 Å². The van der Waals surface area contributed by atoms with E-state index >= 15 is 0 Å². The molecule has 0 amide bonds. The van der Waals surface area contributed by atoms with E-state index in [0.29, 0.717) is 0 Å². The first-order valence-electron chi connectivity index (χ1n) is 4.36. The molecule has 3 N–H and O–H groups in total. The maximum absolute atomic E-state index is 10.6. The van der Waals surface area contributed by atoms with Crippen LogP contribution in [0.5, 0.6) is 0 Å². The zero-order chi connectivity index (χ0) is 9.26. The van der Waals surface area contributed by atoms with Crippen molar-refractivity contribution in [1.29, 1.82) is 0 Å². The van der Waals surface area contributed by atoms with Crippen LogP contribution in [-0.2, 0) is 11.2 Å². The summed E-state index contributed by atoms with van der Waals surface area (Å²) in [5.41, 5.74) is 8.03. The maximum Gasteiger partial charge on any atom is 0.143 e. The predicted molar refractivity (Wildman–Crippen MR) is 58.8 cm³/mol. The van der Waals surface area contributed by atoms with Gasteiger partial charge in [0.15, 0.2) is 0 Å². The molecule has 2 unspecified atom stereocenters. The Morgan fingerprint density at radius 1 is 1.43 bits per heavy atom. The van der Waals surface area contributed by atoms with Crippen molar-refractivity contribution in [3.05, 3.63) is 29.8 Å². The first-order chi connectivity index (χ1) is 6.31. The third-order valence-corrected chi connectivity index (χ3v) is 2.40. The number of nitrogens with two attached hydrogens (primary N) is 1. The second-order valence-electron chi connectivity index (χ2n) is 3.33. The summed E-state index contributed by atoms with van der Waals surface area (Å²) in [6, 6.07) is 7.59.